The number of hydrogen-bond acceptors (Lipinski definition) is 5. The van der Waals surface area contributed by atoms with E-state index >= 15 is 0 Å². The van der Waals surface area contributed by atoms with Gasteiger partial charge in [0.25, 0.3) is 0 Å². The van der Waals surface area contributed by atoms with Crippen molar-refractivity contribution in [1.82, 2.24) is 5.43 Å². The van der Waals surface area contributed by atoms with Crippen molar-refractivity contribution in [3.63, 3.8) is 0 Å². The van der Waals surface area contributed by atoms with E-state index in [1.165, 1.54) is 6.21 Å². The Kier molecular flexibility index (Phi) is 9.52. The number of hydrogen-bond donors (Lipinski definition) is 2. The second kappa shape index (κ2) is 12.1. The number of amides is 2. The third-order valence-corrected chi connectivity index (χ3v) is 4.75. The standard InChI is InChI=1S/C23H28BrN3O4/c1-5-9-31-23-18(24)11-17(12-20(23)30-6-2)14-25-27-22(29)13-21(28)26-19-8-7-15(3)10-16(19)4/h7-8,10-12,14H,5-6,9,13H2,1-4H3,(H,26,28)(H,27,29). The van der Waals surface area contributed by atoms with Crippen molar-refractivity contribution in [2.75, 3.05) is 18.5 Å². The summed E-state index contributed by atoms with van der Waals surface area (Å²) in [6.45, 7) is 8.86. The van der Waals surface area contributed by atoms with Gasteiger partial charge in [0, 0.05) is 5.69 Å². The molecule has 31 heavy (non-hydrogen) atoms. The lowest BCUT2D eigenvalue weighted by atomic mass is 10.1. The molecular formula is C23H28BrN3O4. The fourth-order valence-corrected chi connectivity index (χ4v) is 3.36. The highest BCUT2D eigenvalue weighted by atomic mass is 79.9. The average Bonchev–Trinajstić information content (AvgIpc) is 2.70. The second-order valence-electron chi connectivity index (χ2n) is 6.95. The summed E-state index contributed by atoms with van der Waals surface area (Å²) in [7, 11) is 0. The van der Waals surface area contributed by atoms with Crippen LogP contribution < -0.4 is 20.2 Å². The highest BCUT2D eigenvalue weighted by molar-refractivity contribution is 9.10. The van der Waals surface area contributed by atoms with Crippen LogP contribution in [0.25, 0.3) is 0 Å². The molecule has 0 aliphatic rings. The molecule has 166 valence electrons. The summed E-state index contributed by atoms with van der Waals surface area (Å²) in [5, 5.41) is 6.68. The number of carbonyl (C=O) groups is 2. The Balaban J connectivity index is 1.96. The summed E-state index contributed by atoms with van der Waals surface area (Å²) in [6.07, 6.45) is 2.03. The molecule has 0 spiro atoms. The van der Waals surface area contributed by atoms with Gasteiger partial charge < -0.3 is 14.8 Å². The van der Waals surface area contributed by atoms with E-state index in [0.717, 1.165) is 22.0 Å². The van der Waals surface area contributed by atoms with E-state index in [0.29, 0.717) is 36.0 Å². The summed E-state index contributed by atoms with van der Waals surface area (Å²) in [4.78, 5) is 24.2. The lowest BCUT2D eigenvalue weighted by Gasteiger charge is -2.14. The van der Waals surface area contributed by atoms with Crippen molar-refractivity contribution in [1.29, 1.82) is 0 Å². The molecule has 8 heteroatoms. The van der Waals surface area contributed by atoms with Gasteiger partial charge in [-0.3, -0.25) is 9.59 Å². The molecular weight excluding hydrogens is 462 g/mol. The highest BCUT2D eigenvalue weighted by Crippen LogP contribution is 2.36. The number of benzene rings is 2. The average molecular weight is 490 g/mol. The molecule has 7 nitrogen and oxygen atoms in total. The molecule has 2 N–H and O–H groups in total. The van der Waals surface area contributed by atoms with Gasteiger partial charge >= 0.3 is 0 Å². The molecule has 0 saturated heterocycles. The zero-order chi connectivity index (χ0) is 22.8. The third-order valence-electron chi connectivity index (χ3n) is 4.16. The van der Waals surface area contributed by atoms with Crippen molar-refractivity contribution in [2.45, 2.75) is 40.5 Å². The first-order valence-corrected chi connectivity index (χ1v) is 10.9. The van der Waals surface area contributed by atoms with Crippen molar-refractivity contribution in [2.24, 2.45) is 5.10 Å². The molecule has 2 amide bonds. The SMILES string of the molecule is CCCOc1c(Br)cc(C=NNC(=O)CC(=O)Nc2ccc(C)cc2C)cc1OCC. The van der Waals surface area contributed by atoms with Gasteiger partial charge in [-0.2, -0.15) is 5.10 Å². The molecule has 2 rings (SSSR count). The van der Waals surface area contributed by atoms with Crippen LogP contribution in [-0.2, 0) is 9.59 Å². The number of ether oxygens (including phenoxy) is 2. The van der Waals surface area contributed by atoms with Gasteiger partial charge in [0.2, 0.25) is 11.8 Å². The van der Waals surface area contributed by atoms with Gasteiger partial charge in [-0.15, -0.1) is 0 Å². The van der Waals surface area contributed by atoms with Crippen LogP contribution in [0, 0.1) is 13.8 Å². The van der Waals surface area contributed by atoms with E-state index in [4.69, 9.17) is 9.47 Å². The Labute approximate surface area is 191 Å². The number of hydrazone groups is 1. The number of nitrogens with zero attached hydrogens (tertiary/aromatic N) is 1. The van der Waals surface area contributed by atoms with Crippen LogP contribution in [-0.4, -0.2) is 31.2 Å². The van der Waals surface area contributed by atoms with Crippen LogP contribution in [0.5, 0.6) is 11.5 Å². The summed E-state index contributed by atoms with van der Waals surface area (Å²) in [5.41, 5.74) is 5.81. The molecule has 0 fully saturated rings. The third kappa shape index (κ3) is 7.71. The summed E-state index contributed by atoms with van der Waals surface area (Å²) in [6, 6.07) is 9.28. The van der Waals surface area contributed by atoms with Crippen LogP contribution >= 0.6 is 15.9 Å². The minimum absolute atomic E-state index is 0.331. The number of anilines is 1. The zero-order valence-corrected chi connectivity index (χ0v) is 19.8. The smallest absolute Gasteiger partial charge is 0.249 e. The molecule has 0 radical (unpaired) electrons. The van der Waals surface area contributed by atoms with Gasteiger partial charge in [0.05, 0.1) is 23.9 Å². The minimum Gasteiger partial charge on any atom is -0.490 e. The van der Waals surface area contributed by atoms with Crippen molar-refractivity contribution in [3.05, 3.63) is 51.5 Å². The molecule has 0 aliphatic carbocycles. The summed E-state index contributed by atoms with van der Waals surface area (Å²) in [5.74, 6) is 0.308. The van der Waals surface area contributed by atoms with Gasteiger partial charge in [-0.05, 0) is 72.4 Å². The van der Waals surface area contributed by atoms with Gasteiger partial charge in [-0.1, -0.05) is 24.6 Å². The lowest BCUT2D eigenvalue weighted by Crippen LogP contribution is -2.24. The molecule has 0 aromatic heterocycles. The van der Waals surface area contributed by atoms with E-state index in [9.17, 15) is 9.59 Å². The first kappa shape index (κ1) is 24.4. The van der Waals surface area contributed by atoms with Crippen molar-refractivity contribution < 1.29 is 19.1 Å². The second-order valence-corrected chi connectivity index (χ2v) is 7.80. The molecule has 2 aromatic carbocycles. The van der Waals surface area contributed by atoms with E-state index in [2.05, 4.69) is 31.8 Å². The fraction of sp³-hybridized carbons (Fsp3) is 0.348. The number of aryl methyl sites for hydroxylation is 2. The topological polar surface area (TPSA) is 89.0 Å². The van der Waals surface area contributed by atoms with Crippen LogP contribution in [0.4, 0.5) is 5.69 Å². The molecule has 0 aliphatic heterocycles. The van der Waals surface area contributed by atoms with Gasteiger partial charge in [0.15, 0.2) is 11.5 Å². The Bertz CT molecular complexity index is 960. The summed E-state index contributed by atoms with van der Waals surface area (Å²) < 4.78 is 12.1. The van der Waals surface area contributed by atoms with Gasteiger partial charge in [-0.25, -0.2) is 5.43 Å². The molecule has 0 saturated carbocycles. The Hall–Kier alpha value is -2.87. The van der Waals surface area contributed by atoms with E-state index < -0.39 is 11.8 Å². The predicted octanol–water partition coefficient (Wildman–Crippen LogP) is 4.73. The van der Waals surface area contributed by atoms with Crippen LogP contribution in [0.2, 0.25) is 0 Å². The quantitative estimate of drug-likeness (QED) is 0.286. The van der Waals surface area contributed by atoms with Crippen molar-refractivity contribution >= 4 is 39.6 Å². The van der Waals surface area contributed by atoms with E-state index in [1.54, 1.807) is 6.07 Å². The number of halogens is 1. The Morgan fingerprint density at radius 2 is 1.87 bits per heavy atom. The zero-order valence-electron chi connectivity index (χ0n) is 18.3. The van der Waals surface area contributed by atoms with Crippen LogP contribution in [0.15, 0.2) is 39.9 Å². The lowest BCUT2D eigenvalue weighted by molar-refractivity contribution is -0.126. The van der Waals surface area contributed by atoms with E-state index in [1.807, 2.05) is 52.0 Å². The van der Waals surface area contributed by atoms with E-state index in [-0.39, 0.29) is 6.42 Å². The number of rotatable bonds is 10. The first-order valence-electron chi connectivity index (χ1n) is 10.1. The maximum Gasteiger partial charge on any atom is 0.249 e. The Morgan fingerprint density at radius 3 is 2.55 bits per heavy atom. The monoisotopic (exact) mass is 489 g/mol. The first-order chi connectivity index (χ1) is 14.8. The number of carbonyl (C=O) groups excluding carboxylic acids is 2. The molecule has 0 atom stereocenters. The minimum atomic E-state index is -0.509. The molecule has 0 unspecified atom stereocenters. The normalized spacial score (nSPS) is 10.7. The molecule has 0 bridgehead atoms. The maximum absolute atomic E-state index is 12.1. The van der Waals surface area contributed by atoms with Gasteiger partial charge in [0.1, 0.15) is 6.42 Å². The predicted molar refractivity (Wildman–Crippen MR) is 126 cm³/mol. The molecule has 0 heterocycles. The molecule has 2 aromatic rings. The van der Waals surface area contributed by atoms with Crippen LogP contribution in [0.3, 0.4) is 0 Å². The maximum atomic E-state index is 12.1. The van der Waals surface area contributed by atoms with Crippen LogP contribution in [0.1, 0.15) is 43.4 Å². The fourth-order valence-electron chi connectivity index (χ4n) is 2.78. The van der Waals surface area contributed by atoms with Crippen molar-refractivity contribution in [3.8, 4) is 11.5 Å². The Morgan fingerprint density at radius 1 is 1.10 bits per heavy atom. The number of nitrogens with one attached hydrogen (secondary N) is 2. The summed E-state index contributed by atoms with van der Waals surface area (Å²) >= 11 is 3.49. The highest BCUT2D eigenvalue weighted by Gasteiger charge is 2.12. The largest absolute Gasteiger partial charge is 0.490 e.